The SMILES string of the molecule is C[C@@H](Oc1cc(-n2cnc3cnc(CN4CCN(S(=O)(=O)N(C)C)CC4)cc32)sc1C(N)=O)c1ccccc1C(F)(F)F. The third-order valence-electron chi connectivity index (χ3n) is 7.15. The molecular weight excluding hydrogens is 607 g/mol. The molecule has 2 N–H and O–H groups in total. The monoisotopic (exact) mass is 637 g/mol. The molecule has 1 aliphatic heterocycles. The van der Waals surface area contributed by atoms with Crippen molar-refractivity contribution in [2.45, 2.75) is 25.7 Å². The fourth-order valence-electron chi connectivity index (χ4n) is 4.90. The Morgan fingerprint density at radius 2 is 1.84 bits per heavy atom. The zero-order valence-electron chi connectivity index (χ0n) is 23.6. The quantitative estimate of drug-likeness (QED) is 0.297. The number of hydrogen-bond acceptors (Lipinski definition) is 8. The van der Waals surface area contributed by atoms with Gasteiger partial charge in [0, 0.05) is 58.4 Å². The predicted octanol–water partition coefficient (Wildman–Crippen LogP) is 3.66. The van der Waals surface area contributed by atoms with Crippen LogP contribution in [0, 0.1) is 0 Å². The van der Waals surface area contributed by atoms with E-state index in [4.69, 9.17) is 10.5 Å². The van der Waals surface area contributed by atoms with Gasteiger partial charge in [-0.2, -0.15) is 30.2 Å². The van der Waals surface area contributed by atoms with E-state index < -0.39 is 34.0 Å². The molecule has 4 heterocycles. The molecule has 5 rings (SSSR count). The Bertz CT molecular complexity index is 1750. The largest absolute Gasteiger partial charge is 0.484 e. The summed E-state index contributed by atoms with van der Waals surface area (Å²) in [5.74, 6) is -0.705. The molecule has 0 radical (unpaired) electrons. The Morgan fingerprint density at radius 1 is 1.14 bits per heavy atom. The van der Waals surface area contributed by atoms with Crippen molar-refractivity contribution in [1.82, 2.24) is 28.0 Å². The second-order valence-corrected chi connectivity index (χ2v) is 13.4. The van der Waals surface area contributed by atoms with Crippen molar-refractivity contribution in [3.8, 4) is 10.8 Å². The maximum absolute atomic E-state index is 13.6. The number of halogens is 3. The maximum atomic E-state index is 13.6. The van der Waals surface area contributed by atoms with Crippen LogP contribution >= 0.6 is 11.3 Å². The van der Waals surface area contributed by atoms with Gasteiger partial charge in [-0.25, -0.2) is 4.98 Å². The Morgan fingerprint density at radius 3 is 2.49 bits per heavy atom. The van der Waals surface area contributed by atoms with Gasteiger partial charge >= 0.3 is 6.18 Å². The Hall–Kier alpha value is -3.57. The molecule has 0 spiro atoms. The van der Waals surface area contributed by atoms with E-state index in [0.717, 1.165) is 23.1 Å². The van der Waals surface area contributed by atoms with Gasteiger partial charge in [0.15, 0.2) is 0 Å². The maximum Gasteiger partial charge on any atom is 0.416 e. The number of rotatable bonds is 9. The van der Waals surface area contributed by atoms with Crippen molar-refractivity contribution in [3.63, 3.8) is 0 Å². The van der Waals surface area contributed by atoms with Crippen LogP contribution in [0.1, 0.15) is 39.5 Å². The van der Waals surface area contributed by atoms with Gasteiger partial charge in [-0.15, -0.1) is 11.3 Å². The molecule has 230 valence electrons. The van der Waals surface area contributed by atoms with Gasteiger partial charge in [-0.3, -0.25) is 19.2 Å². The van der Waals surface area contributed by atoms with Crippen molar-refractivity contribution in [3.05, 3.63) is 70.6 Å². The lowest BCUT2D eigenvalue weighted by molar-refractivity contribution is -0.139. The predicted molar refractivity (Wildman–Crippen MR) is 155 cm³/mol. The molecule has 1 fully saturated rings. The highest BCUT2D eigenvalue weighted by atomic mass is 32.2. The van der Waals surface area contributed by atoms with Crippen molar-refractivity contribution >= 4 is 38.5 Å². The normalized spacial score (nSPS) is 16.2. The molecule has 3 aromatic heterocycles. The number of amides is 1. The zero-order chi connectivity index (χ0) is 31.1. The molecule has 11 nitrogen and oxygen atoms in total. The summed E-state index contributed by atoms with van der Waals surface area (Å²) in [5, 5.41) is 0.530. The molecule has 0 saturated carbocycles. The van der Waals surface area contributed by atoms with Crippen LogP contribution in [0.5, 0.6) is 5.75 Å². The number of carbonyl (C=O) groups is 1. The Kier molecular flexibility index (Phi) is 8.50. The average molecular weight is 638 g/mol. The smallest absolute Gasteiger partial charge is 0.416 e. The minimum atomic E-state index is -4.57. The van der Waals surface area contributed by atoms with Crippen molar-refractivity contribution in [1.29, 1.82) is 0 Å². The van der Waals surface area contributed by atoms with Crippen LogP contribution in [0.15, 0.2) is 48.9 Å². The van der Waals surface area contributed by atoms with Gasteiger partial charge in [-0.1, -0.05) is 18.2 Å². The summed E-state index contributed by atoms with van der Waals surface area (Å²) in [5.41, 5.74) is 6.75. The van der Waals surface area contributed by atoms with Crippen LogP contribution in [0.4, 0.5) is 13.2 Å². The average Bonchev–Trinajstić information content (AvgIpc) is 3.56. The molecule has 0 aliphatic carbocycles. The minimum Gasteiger partial charge on any atom is -0.484 e. The van der Waals surface area contributed by atoms with Crippen LogP contribution in [0.3, 0.4) is 0 Å². The molecule has 0 bridgehead atoms. The number of carbonyl (C=O) groups excluding carboxylic acids is 1. The fourth-order valence-corrected chi connectivity index (χ4v) is 6.91. The van der Waals surface area contributed by atoms with Crippen molar-refractivity contribution < 1.29 is 31.1 Å². The van der Waals surface area contributed by atoms with Crippen LogP contribution in [0.25, 0.3) is 16.0 Å². The van der Waals surface area contributed by atoms with Crippen molar-refractivity contribution in [2.24, 2.45) is 5.73 Å². The number of benzene rings is 1. The van der Waals surface area contributed by atoms with Gasteiger partial charge in [0.25, 0.3) is 16.1 Å². The number of nitrogens with zero attached hydrogens (tertiary/aromatic N) is 6. The number of ether oxygens (including phenoxy) is 1. The molecule has 1 aliphatic rings. The summed E-state index contributed by atoms with van der Waals surface area (Å²) in [4.78, 5) is 23.4. The first-order valence-electron chi connectivity index (χ1n) is 13.2. The van der Waals surface area contributed by atoms with E-state index in [1.54, 1.807) is 23.2 Å². The molecule has 1 amide bonds. The number of hydrogen-bond donors (Lipinski definition) is 1. The first kappa shape index (κ1) is 30.9. The summed E-state index contributed by atoms with van der Waals surface area (Å²) >= 11 is 1.04. The number of fused-ring (bicyclic) bond motifs is 1. The second kappa shape index (κ2) is 11.8. The summed E-state index contributed by atoms with van der Waals surface area (Å²) in [7, 11) is -0.460. The topological polar surface area (TPSA) is 127 Å². The second-order valence-electron chi connectivity index (χ2n) is 10.2. The van der Waals surface area contributed by atoms with Crippen LogP contribution < -0.4 is 10.5 Å². The number of pyridine rings is 1. The molecule has 4 aromatic rings. The van der Waals surface area contributed by atoms with E-state index in [0.29, 0.717) is 48.8 Å². The van der Waals surface area contributed by atoms with Gasteiger partial charge < -0.3 is 10.5 Å². The number of nitrogens with two attached hydrogens (primary N) is 1. The van der Waals surface area contributed by atoms with E-state index in [1.165, 1.54) is 47.8 Å². The highest BCUT2D eigenvalue weighted by Gasteiger charge is 2.35. The van der Waals surface area contributed by atoms with Crippen LogP contribution in [0.2, 0.25) is 0 Å². The highest BCUT2D eigenvalue weighted by molar-refractivity contribution is 7.86. The number of alkyl halides is 3. The number of imidazole rings is 1. The number of aromatic nitrogens is 3. The molecule has 16 heteroatoms. The number of primary amides is 1. The van der Waals surface area contributed by atoms with E-state index in [1.807, 2.05) is 6.07 Å². The lowest BCUT2D eigenvalue weighted by Gasteiger charge is -2.34. The van der Waals surface area contributed by atoms with Crippen LogP contribution in [-0.2, 0) is 22.9 Å². The summed E-state index contributed by atoms with van der Waals surface area (Å²) < 4.78 is 75.9. The van der Waals surface area contributed by atoms with E-state index in [-0.39, 0.29) is 16.2 Å². The molecule has 1 saturated heterocycles. The number of thiophene rings is 1. The Balaban J connectivity index is 1.38. The van der Waals surface area contributed by atoms with Crippen molar-refractivity contribution in [2.75, 3.05) is 40.3 Å². The van der Waals surface area contributed by atoms with Gasteiger partial charge in [0.05, 0.1) is 23.0 Å². The fraction of sp³-hybridized carbons (Fsp3) is 0.370. The summed E-state index contributed by atoms with van der Waals surface area (Å²) in [6.45, 7) is 3.76. The molecule has 1 aromatic carbocycles. The van der Waals surface area contributed by atoms with E-state index in [9.17, 15) is 26.4 Å². The lowest BCUT2D eigenvalue weighted by atomic mass is 10.0. The highest BCUT2D eigenvalue weighted by Crippen LogP contribution is 2.39. The summed E-state index contributed by atoms with van der Waals surface area (Å²) in [6.07, 6.45) is -2.41. The third kappa shape index (κ3) is 6.38. The first-order valence-corrected chi connectivity index (χ1v) is 15.5. The Labute approximate surface area is 250 Å². The van der Waals surface area contributed by atoms with E-state index in [2.05, 4.69) is 14.9 Å². The standard InChI is InChI=1S/C27H30F3N7O4S2/c1-17(19-6-4-5-7-20(19)27(28,29)30)41-23-13-24(42-25(23)26(31)38)37-16-33-21-14-32-18(12-22(21)37)15-35-8-10-36(11-9-35)43(39,40)34(2)3/h4-7,12-14,16-17H,8-11,15H2,1-3H3,(H2,31,38)/t17-/m1/s1. The number of piperazine rings is 1. The molecular formula is C27H30F3N7O4S2. The lowest BCUT2D eigenvalue weighted by Crippen LogP contribution is -2.51. The van der Waals surface area contributed by atoms with Crippen LogP contribution in [-0.4, -0.2) is 82.6 Å². The molecule has 1 atom stereocenters. The molecule has 43 heavy (non-hydrogen) atoms. The first-order chi connectivity index (χ1) is 20.3. The van der Waals surface area contributed by atoms with Gasteiger partial charge in [0.2, 0.25) is 0 Å². The molecule has 0 unspecified atom stereocenters. The zero-order valence-corrected chi connectivity index (χ0v) is 25.2. The van der Waals surface area contributed by atoms with E-state index >= 15 is 0 Å². The third-order valence-corrected chi connectivity index (χ3v) is 10.2. The summed E-state index contributed by atoms with van der Waals surface area (Å²) in [6, 6.07) is 8.54. The van der Waals surface area contributed by atoms with Gasteiger partial charge in [0.1, 0.15) is 33.6 Å². The van der Waals surface area contributed by atoms with Gasteiger partial charge in [-0.05, 0) is 19.1 Å². The minimum absolute atomic E-state index is 0.0630.